The van der Waals surface area contributed by atoms with Gasteiger partial charge in [0.05, 0.1) is 0 Å². The molecule has 0 saturated heterocycles. The van der Waals surface area contributed by atoms with Gasteiger partial charge in [0.2, 0.25) is 11.8 Å². The first-order valence-electron chi connectivity index (χ1n) is 8.76. The predicted molar refractivity (Wildman–Crippen MR) is 95.2 cm³/mol. The van der Waals surface area contributed by atoms with Gasteiger partial charge in [-0.3, -0.25) is 9.59 Å². The third-order valence-electron chi connectivity index (χ3n) is 4.48. The van der Waals surface area contributed by atoms with Crippen molar-refractivity contribution in [2.45, 2.75) is 46.2 Å². The molecule has 5 nitrogen and oxygen atoms in total. The molecule has 1 aliphatic heterocycles. The van der Waals surface area contributed by atoms with Crippen molar-refractivity contribution < 1.29 is 9.59 Å². The van der Waals surface area contributed by atoms with E-state index in [1.165, 1.54) is 0 Å². The van der Waals surface area contributed by atoms with Crippen LogP contribution in [0.15, 0.2) is 24.3 Å². The van der Waals surface area contributed by atoms with Gasteiger partial charge in [-0.25, -0.2) is 0 Å². The Morgan fingerprint density at radius 1 is 1.25 bits per heavy atom. The van der Waals surface area contributed by atoms with Crippen molar-refractivity contribution in [3.05, 3.63) is 35.4 Å². The predicted octanol–water partition coefficient (Wildman–Crippen LogP) is 1.70. The maximum absolute atomic E-state index is 12.7. The lowest BCUT2D eigenvalue weighted by Crippen LogP contribution is -2.53. The van der Waals surface area contributed by atoms with Crippen LogP contribution in [0, 0.1) is 11.8 Å². The zero-order valence-electron chi connectivity index (χ0n) is 14.9. The number of hydrogen-bond acceptors (Lipinski definition) is 3. The summed E-state index contributed by atoms with van der Waals surface area (Å²) in [5.74, 6) is 0.466. The molecular formula is C19H29N3O2. The highest BCUT2D eigenvalue weighted by molar-refractivity contribution is 5.88. The molecule has 0 aromatic heterocycles. The fraction of sp³-hybridized carbons (Fsp3) is 0.579. The van der Waals surface area contributed by atoms with Gasteiger partial charge in [0, 0.05) is 25.9 Å². The van der Waals surface area contributed by atoms with E-state index in [9.17, 15) is 9.59 Å². The summed E-state index contributed by atoms with van der Waals surface area (Å²) >= 11 is 0. The first-order valence-corrected chi connectivity index (χ1v) is 8.76. The molecule has 0 saturated carbocycles. The standard InChI is InChI=1S/C19H29N3O2/c1-13(2)8-18(23)22-12-16-7-5-4-6-15(16)9-17(22)19(24)21-11-14(3)10-20/h4-7,13-14,17H,8-12,20H2,1-3H3,(H,21,24). The SMILES string of the molecule is CC(C)CC(=O)N1Cc2ccccc2CC1C(=O)NCC(C)CN. The summed E-state index contributed by atoms with van der Waals surface area (Å²) in [5, 5.41) is 2.96. The summed E-state index contributed by atoms with van der Waals surface area (Å²) in [4.78, 5) is 27.1. The molecule has 2 amide bonds. The van der Waals surface area contributed by atoms with Crippen LogP contribution in [-0.2, 0) is 22.6 Å². The van der Waals surface area contributed by atoms with Crippen LogP contribution in [0.3, 0.4) is 0 Å². The number of carbonyl (C=O) groups is 2. The normalized spacial score (nSPS) is 18.2. The average molecular weight is 331 g/mol. The van der Waals surface area contributed by atoms with Gasteiger partial charge in [-0.2, -0.15) is 0 Å². The van der Waals surface area contributed by atoms with E-state index < -0.39 is 6.04 Å². The number of fused-ring (bicyclic) bond motifs is 1. The molecule has 1 aliphatic rings. The Bertz CT molecular complexity index is 586. The van der Waals surface area contributed by atoms with Gasteiger partial charge in [-0.15, -0.1) is 0 Å². The Morgan fingerprint density at radius 3 is 2.54 bits per heavy atom. The van der Waals surface area contributed by atoms with Crippen LogP contribution in [0.4, 0.5) is 0 Å². The van der Waals surface area contributed by atoms with Crippen LogP contribution < -0.4 is 11.1 Å². The largest absolute Gasteiger partial charge is 0.354 e. The highest BCUT2D eigenvalue weighted by atomic mass is 16.2. The number of carbonyl (C=O) groups excluding carboxylic acids is 2. The fourth-order valence-electron chi connectivity index (χ4n) is 2.96. The maximum Gasteiger partial charge on any atom is 0.243 e. The van der Waals surface area contributed by atoms with Crippen molar-refractivity contribution in [3.8, 4) is 0 Å². The van der Waals surface area contributed by atoms with Gasteiger partial charge < -0.3 is 16.0 Å². The van der Waals surface area contributed by atoms with E-state index in [-0.39, 0.29) is 23.7 Å². The van der Waals surface area contributed by atoms with Crippen molar-refractivity contribution in [2.24, 2.45) is 17.6 Å². The molecule has 1 aromatic rings. The minimum Gasteiger partial charge on any atom is -0.354 e. The first-order chi connectivity index (χ1) is 11.4. The van der Waals surface area contributed by atoms with Crippen LogP contribution in [0.5, 0.6) is 0 Å². The minimum absolute atomic E-state index is 0.0477. The van der Waals surface area contributed by atoms with Crippen LogP contribution in [0.25, 0.3) is 0 Å². The summed E-state index contributed by atoms with van der Waals surface area (Å²) < 4.78 is 0. The van der Waals surface area contributed by atoms with Gasteiger partial charge in [-0.05, 0) is 29.5 Å². The quantitative estimate of drug-likeness (QED) is 0.833. The average Bonchev–Trinajstić information content (AvgIpc) is 2.57. The summed E-state index contributed by atoms with van der Waals surface area (Å²) in [6, 6.07) is 7.61. The Kier molecular flexibility index (Phi) is 6.37. The monoisotopic (exact) mass is 331 g/mol. The third-order valence-corrected chi connectivity index (χ3v) is 4.48. The second-order valence-electron chi connectivity index (χ2n) is 7.19. The van der Waals surface area contributed by atoms with Crippen LogP contribution in [-0.4, -0.2) is 35.8 Å². The molecule has 132 valence electrons. The summed E-state index contributed by atoms with van der Waals surface area (Å²) in [6.07, 6.45) is 1.04. The Morgan fingerprint density at radius 2 is 1.92 bits per heavy atom. The topological polar surface area (TPSA) is 75.4 Å². The number of rotatable bonds is 6. The lowest BCUT2D eigenvalue weighted by atomic mass is 9.92. The summed E-state index contributed by atoms with van der Waals surface area (Å²) in [5.41, 5.74) is 7.90. The molecule has 0 aliphatic carbocycles. The van der Waals surface area contributed by atoms with E-state index in [1.807, 2.05) is 45.0 Å². The Balaban J connectivity index is 2.17. The number of amides is 2. The van der Waals surface area contributed by atoms with Crippen molar-refractivity contribution >= 4 is 11.8 Å². The van der Waals surface area contributed by atoms with Gasteiger partial charge in [0.15, 0.2) is 0 Å². The fourth-order valence-corrected chi connectivity index (χ4v) is 2.96. The molecule has 2 rings (SSSR count). The number of hydrogen-bond donors (Lipinski definition) is 2. The summed E-state index contributed by atoms with van der Waals surface area (Å²) in [7, 11) is 0. The number of nitrogens with zero attached hydrogens (tertiary/aromatic N) is 1. The lowest BCUT2D eigenvalue weighted by Gasteiger charge is -2.36. The van der Waals surface area contributed by atoms with Crippen LogP contribution >= 0.6 is 0 Å². The second-order valence-corrected chi connectivity index (χ2v) is 7.19. The molecule has 3 N–H and O–H groups in total. The number of benzene rings is 1. The van der Waals surface area contributed by atoms with Gasteiger partial charge in [-0.1, -0.05) is 45.0 Å². The maximum atomic E-state index is 12.7. The smallest absolute Gasteiger partial charge is 0.243 e. The van der Waals surface area contributed by atoms with E-state index in [4.69, 9.17) is 5.73 Å². The summed E-state index contributed by atoms with van der Waals surface area (Å²) in [6.45, 7) is 7.62. The molecule has 0 radical (unpaired) electrons. The Hall–Kier alpha value is -1.88. The van der Waals surface area contributed by atoms with E-state index in [2.05, 4.69) is 5.32 Å². The first kappa shape index (κ1) is 18.5. The zero-order valence-corrected chi connectivity index (χ0v) is 14.9. The minimum atomic E-state index is -0.434. The van der Waals surface area contributed by atoms with E-state index in [0.717, 1.165) is 11.1 Å². The van der Waals surface area contributed by atoms with Gasteiger partial charge >= 0.3 is 0 Å². The molecule has 0 spiro atoms. The molecule has 5 heteroatoms. The highest BCUT2D eigenvalue weighted by Crippen LogP contribution is 2.25. The third kappa shape index (κ3) is 4.57. The molecule has 2 unspecified atom stereocenters. The molecule has 1 heterocycles. The lowest BCUT2D eigenvalue weighted by molar-refractivity contribution is -0.142. The highest BCUT2D eigenvalue weighted by Gasteiger charge is 2.34. The van der Waals surface area contributed by atoms with Gasteiger partial charge in [0.1, 0.15) is 6.04 Å². The van der Waals surface area contributed by atoms with Crippen molar-refractivity contribution in [2.75, 3.05) is 13.1 Å². The number of nitrogens with one attached hydrogen (secondary N) is 1. The molecule has 1 aromatic carbocycles. The zero-order chi connectivity index (χ0) is 17.7. The molecular weight excluding hydrogens is 302 g/mol. The van der Waals surface area contributed by atoms with E-state index >= 15 is 0 Å². The second kappa shape index (κ2) is 8.29. The van der Waals surface area contributed by atoms with Crippen molar-refractivity contribution in [1.29, 1.82) is 0 Å². The van der Waals surface area contributed by atoms with E-state index in [1.54, 1.807) is 4.90 Å². The van der Waals surface area contributed by atoms with Crippen molar-refractivity contribution in [1.82, 2.24) is 10.2 Å². The number of nitrogens with two attached hydrogens (primary N) is 1. The molecule has 2 atom stereocenters. The van der Waals surface area contributed by atoms with Crippen LogP contribution in [0.2, 0.25) is 0 Å². The molecule has 24 heavy (non-hydrogen) atoms. The van der Waals surface area contributed by atoms with Crippen molar-refractivity contribution in [3.63, 3.8) is 0 Å². The van der Waals surface area contributed by atoms with Gasteiger partial charge in [0.25, 0.3) is 0 Å². The Labute approximate surface area is 144 Å². The van der Waals surface area contributed by atoms with E-state index in [0.29, 0.717) is 32.5 Å². The molecule has 0 fully saturated rings. The van der Waals surface area contributed by atoms with Crippen LogP contribution in [0.1, 0.15) is 38.3 Å². The molecule has 0 bridgehead atoms.